The monoisotopic (exact) mass is 519 g/mol. The number of hydrogen-bond donors (Lipinski definition) is 2. The Morgan fingerprint density at radius 3 is 2.21 bits per heavy atom. The van der Waals surface area contributed by atoms with E-state index in [0.717, 1.165) is 27.9 Å². The summed E-state index contributed by atoms with van der Waals surface area (Å²) >= 11 is 18.2. The Balaban J connectivity index is 1.64. The number of halogens is 3. The van der Waals surface area contributed by atoms with Crippen molar-refractivity contribution in [3.63, 3.8) is 0 Å². The number of aryl methyl sites for hydroxylation is 3. The first-order valence-electron chi connectivity index (χ1n) is 10.3. The molecule has 34 heavy (non-hydrogen) atoms. The number of ether oxygens (including phenoxy) is 2. The predicted octanol–water partition coefficient (Wildman–Crippen LogP) is 7.04. The molecule has 0 atom stereocenters. The number of anilines is 2. The van der Waals surface area contributed by atoms with Gasteiger partial charge < -0.3 is 14.8 Å². The van der Waals surface area contributed by atoms with Crippen LogP contribution < -0.4 is 20.2 Å². The molecule has 0 aliphatic heterocycles. The number of carbonyl (C=O) groups excluding carboxylic acids is 1. The maximum absolute atomic E-state index is 12.5. The number of nitrogens with one attached hydrogen (secondary N) is 2. The average Bonchev–Trinajstić information content (AvgIpc) is 2.76. The first-order valence-corrected chi connectivity index (χ1v) is 11.4. The molecule has 2 N–H and O–H groups in total. The molecule has 178 valence electrons. The van der Waals surface area contributed by atoms with Crippen LogP contribution in [0.4, 0.5) is 11.4 Å². The number of benzene rings is 3. The number of hydrazone groups is 1. The Morgan fingerprint density at radius 2 is 1.59 bits per heavy atom. The van der Waals surface area contributed by atoms with Crippen LogP contribution in [0.15, 0.2) is 47.6 Å². The maximum Gasteiger partial charge on any atom is 0.262 e. The third kappa shape index (κ3) is 6.56. The van der Waals surface area contributed by atoms with E-state index in [0.29, 0.717) is 32.3 Å². The van der Waals surface area contributed by atoms with E-state index in [4.69, 9.17) is 44.3 Å². The van der Waals surface area contributed by atoms with Crippen LogP contribution in [0.2, 0.25) is 15.1 Å². The van der Waals surface area contributed by atoms with Gasteiger partial charge >= 0.3 is 0 Å². The molecule has 3 aromatic rings. The van der Waals surface area contributed by atoms with Crippen molar-refractivity contribution in [2.75, 3.05) is 24.5 Å². The van der Waals surface area contributed by atoms with Crippen LogP contribution in [-0.2, 0) is 4.79 Å². The molecule has 0 aliphatic rings. The van der Waals surface area contributed by atoms with Crippen molar-refractivity contribution in [2.24, 2.45) is 5.10 Å². The van der Waals surface area contributed by atoms with E-state index in [1.807, 2.05) is 32.9 Å². The second kappa shape index (κ2) is 11.5. The molecule has 0 saturated carbocycles. The fourth-order valence-electron chi connectivity index (χ4n) is 3.40. The highest BCUT2D eigenvalue weighted by molar-refractivity contribution is 6.41. The standard InChI is InChI=1S/C25H24Cl3N3O3/c1-14-7-15(2)24(16(3)8-14)30-23(32)13-34-21-6-5-17(9-22(21)33-4)12-29-31-25-19(27)10-18(26)11-20(25)28/h5-12,31H,13H2,1-4H3,(H,30,32)/b29-12-. The number of nitrogens with zero attached hydrogens (tertiary/aromatic N) is 1. The molecule has 3 aromatic carbocycles. The quantitative estimate of drug-likeness (QED) is 0.247. The zero-order chi connectivity index (χ0) is 24.8. The summed E-state index contributed by atoms with van der Waals surface area (Å²) < 4.78 is 11.1. The van der Waals surface area contributed by atoms with Crippen molar-refractivity contribution in [3.05, 3.63) is 79.8 Å². The zero-order valence-corrected chi connectivity index (χ0v) is 21.4. The Labute approximate surface area is 213 Å². The van der Waals surface area contributed by atoms with Crippen LogP contribution in [-0.4, -0.2) is 25.8 Å². The molecule has 0 spiro atoms. The topological polar surface area (TPSA) is 71.9 Å². The van der Waals surface area contributed by atoms with Gasteiger partial charge in [0.1, 0.15) is 0 Å². The van der Waals surface area contributed by atoms with Gasteiger partial charge in [-0.05, 0) is 67.8 Å². The number of hydrogen-bond acceptors (Lipinski definition) is 5. The highest BCUT2D eigenvalue weighted by atomic mass is 35.5. The minimum atomic E-state index is -0.260. The van der Waals surface area contributed by atoms with Crippen molar-refractivity contribution in [1.82, 2.24) is 0 Å². The molecular weight excluding hydrogens is 497 g/mol. The van der Waals surface area contributed by atoms with E-state index in [9.17, 15) is 4.79 Å². The number of rotatable bonds is 8. The molecule has 3 rings (SSSR count). The first kappa shape index (κ1) is 25.7. The van der Waals surface area contributed by atoms with Crippen molar-refractivity contribution < 1.29 is 14.3 Å². The smallest absolute Gasteiger partial charge is 0.262 e. The van der Waals surface area contributed by atoms with Crippen molar-refractivity contribution in [2.45, 2.75) is 20.8 Å². The van der Waals surface area contributed by atoms with Crippen molar-refractivity contribution in [1.29, 1.82) is 0 Å². The molecule has 6 nitrogen and oxygen atoms in total. The summed E-state index contributed by atoms with van der Waals surface area (Å²) in [6.45, 7) is 5.78. The SMILES string of the molecule is COc1cc(/C=N\Nc2c(Cl)cc(Cl)cc2Cl)ccc1OCC(=O)Nc1c(C)cc(C)cc1C. The molecule has 0 aromatic heterocycles. The van der Waals surface area contributed by atoms with Crippen LogP contribution in [0.5, 0.6) is 11.5 Å². The summed E-state index contributed by atoms with van der Waals surface area (Å²) in [5.74, 6) is 0.634. The second-order valence-corrected chi connectivity index (χ2v) is 8.89. The van der Waals surface area contributed by atoms with E-state index in [1.54, 1.807) is 36.5 Å². The van der Waals surface area contributed by atoms with E-state index in [2.05, 4.69) is 15.8 Å². The molecule has 0 heterocycles. The second-order valence-electron chi connectivity index (χ2n) is 7.64. The highest BCUT2D eigenvalue weighted by Gasteiger charge is 2.12. The fraction of sp³-hybridized carbons (Fsp3) is 0.200. The summed E-state index contributed by atoms with van der Waals surface area (Å²) in [7, 11) is 1.52. The summed E-state index contributed by atoms with van der Waals surface area (Å²) in [5, 5.41) is 8.22. The molecule has 0 bridgehead atoms. The van der Waals surface area contributed by atoms with E-state index in [1.165, 1.54) is 7.11 Å². The third-order valence-electron chi connectivity index (χ3n) is 4.88. The largest absolute Gasteiger partial charge is 0.493 e. The summed E-state index contributed by atoms with van der Waals surface area (Å²) in [5.41, 5.74) is 7.93. The van der Waals surface area contributed by atoms with Gasteiger partial charge in [-0.15, -0.1) is 0 Å². The van der Waals surface area contributed by atoms with Crippen LogP contribution >= 0.6 is 34.8 Å². The van der Waals surface area contributed by atoms with E-state index < -0.39 is 0 Å². The Hall–Kier alpha value is -2.93. The van der Waals surface area contributed by atoms with Gasteiger partial charge in [-0.1, -0.05) is 52.5 Å². The van der Waals surface area contributed by atoms with Gasteiger partial charge in [0.15, 0.2) is 18.1 Å². The number of carbonyl (C=O) groups is 1. The highest BCUT2D eigenvalue weighted by Crippen LogP contribution is 2.34. The predicted molar refractivity (Wildman–Crippen MR) is 140 cm³/mol. The van der Waals surface area contributed by atoms with Gasteiger partial charge in [-0.2, -0.15) is 5.10 Å². The minimum Gasteiger partial charge on any atom is -0.493 e. The van der Waals surface area contributed by atoms with Crippen molar-refractivity contribution >= 4 is 58.3 Å². The Morgan fingerprint density at radius 1 is 0.941 bits per heavy atom. The molecular formula is C25H24Cl3N3O3. The van der Waals surface area contributed by atoms with Gasteiger partial charge in [0, 0.05) is 10.7 Å². The van der Waals surface area contributed by atoms with Gasteiger partial charge in [-0.3, -0.25) is 10.2 Å². The molecule has 1 amide bonds. The van der Waals surface area contributed by atoms with Gasteiger partial charge in [0.2, 0.25) is 0 Å². The maximum atomic E-state index is 12.5. The van der Waals surface area contributed by atoms with E-state index in [-0.39, 0.29) is 12.5 Å². The normalized spacial score (nSPS) is 10.9. The lowest BCUT2D eigenvalue weighted by atomic mass is 10.1. The lowest BCUT2D eigenvalue weighted by Crippen LogP contribution is -2.21. The van der Waals surface area contributed by atoms with Crippen LogP contribution in [0, 0.1) is 20.8 Å². The summed E-state index contributed by atoms with van der Waals surface area (Å²) in [4.78, 5) is 12.5. The summed E-state index contributed by atoms with van der Waals surface area (Å²) in [6, 6.07) is 12.4. The lowest BCUT2D eigenvalue weighted by molar-refractivity contribution is -0.118. The minimum absolute atomic E-state index is 0.161. The lowest BCUT2D eigenvalue weighted by Gasteiger charge is -2.14. The van der Waals surface area contributed by atoms with Crippen LogP contribution in [0.1, 0.15) is 22.3 Å². The van der Waals surface area contributed by atoms with Gasteiger partial charge in [0.05, 0.1) is 29.1 Å². The Bertz CT molecular complexity index is 1200. The average molecular weight is 521 g/mol. The molecule has 0 aliphatic carbocycles. The molecule has 0 fully saturated rings. The van der Waals surface area contributed by atoms with Crippen LogP contribution in [0.25, 0.3) is 0 Å². The fourth-order valence-corrected chi connectivity index (χ4v) is 4.30. The number of methoxy groups -OCH3 is 1. The molecule has 0 unspecified atom stereocenters. The summed E-state index contributed by atoms with van der Waals surface area (Å²) in [6.07, 6.45) is 1.57. The van der Waals surface area contributed by atoms with Crippen LogP contribution in [0.3, 0.4) is 0 Å². The van der Waals surface area contributed by atoms with Gasteiger partial charge in [-0.25, -0.2) is 0 Å². The zero-order valence-electron chi connectivity index (χ0n) is 19.1. The van der Waals surface area contributed by atoms with Crippen molar-refractivity contribution in [3.8, 4) is 11.5 Å². The first-order chi connectivity index (χ1) is 16.2. The molecule has 9 heteroatoms. The molecule has 0 saturated heterocycles. The number of amides is 1. The third-order valence-corrected chi connectivity index (χ3v) is 5.70. The molecule has 0 radical (unpaired) electrons. The van der Waals surface area contributed by atoms with Gasteiger partial charge in [0.25, 0.3) is 5.91 Å². The Kier molecular flexibility index (Phi) is 8.67. The van der Waals surface area contributed by atoms with E-state index >= 15 is 0 Å².